The van der Waals surface area contributed by atoms with Crippen LogP contribution in [0.5, 0.6) is 0 Å². The van der Waals surface area contributed by atoms with Gasteiger partial charge in [-0.25, -0.2) is 0 Å². The molecule has 0 atom stereocenters. The summed E-state index contributed by atoms with van der Waals surface area (Å²) < 4.78 is 4.74. The van der Waals surface area contributed by atoms with E-state index < -0.39 is 0 Å². The summed E-state index contributed by atoms with van der Waals surface area (Å²) in [6.07, 6.45) is 1.60. The van der Waals surface area contributed by atoms with Gasteiger partial charge in [0.05, 0.1) is 6.61 Å². The average Bonchev–Trinajstić information content (AvgIpc) is 2.01. The molecule has 13 heavy (non-hydrogen) atoms. The molecule has 0 aliphatic heterocycles. The van der Waals surface area contributed by atoms with E-state index in [9.17, 15) is 4.79 Å². The first-order valence-corrected chi connectivity index (χ1v) is 4.12. The molecule has 0 radical (unpaired) electrons. The highest BCUT2D eigenvalue weighted by Gasteiger charge is 2.03. The van der Waals surface area contributed by atoms with E-state index in [0.29, 0.717) is 6.61 Å². The minimum absolute atomic E-state index is 0.164. The SMILES string of the molecule is C=C(C)/C=N\N(C)CC(=O)OCC. The van der Waals surface area contributed by atoms with Crippen molar-refractivity contribution in [2.24, 2.45) is 5.10 Å². The number of hydrazone groups is 1. The zero-order valence-corrected chi connectivity index (χ0v) is 8.41. The van der Waals surface area contributed by atoms with Crippen LogP contribution in [0.2, 0.25) is 0 Å². The fourth-order valence-corrected chi connectivity index (χ4v) is 0.631. The Morgan fingerprint density at radius 3 is 2.77 bits per heavy atom. The normalized spacial score (nSPS) is 10.1. The van der Waals surface area contributed by atoms with Crippen molar-refractivity contribution in [3.05, 3.63) is 12.2 Å². The van der Waals surface area contributed by atoms with Crippen LogP contribution in [0, 0.1) is 0 Å². The van der Waals surface area contributed by atoms with Gasteiger partial charge in [0.15, 0.2) is 0 Å². The van der Waals surface area contributed by atoms with E-state index in [1.807, 2.05) is 6.92 Å². The molecule has 0 spiro atoms. The van der Waals surface area contributed by atoms with Gasteiger partial charge in [-0.3, -0.25) is 9.80 Å². The van der Waals surface area contributed by atoms with Gasteiger partial charge in [0, 0.05) is 13.3 Å². The van der Waals surface area contributed by atoms with Crippen LogP contribution < -0.4 is 0 Å². The molecule has 0 aromatic heterocycles. The number of allylic oxidation sites excluding steroid dienone is 1. The highest BCUT2D eigenvalue weighted by atomic mass is 16.5. The zero-order chi connectivity index (χ0) is 10.3. The van der Waals surface area contributed by atoms with Crippen LogP contribution in [-0.4, -0.2) is 37.4 Å². The van der Waals surface area contributed by atoms with E-state index in [0.717, 1.165) is 5.57 Å². The number of carbonyl (C=O) groups excluding carboxylic acids is 1. The van der Waals surface area contributed by atoms with Crippen molar-refractivity contribution in [2.75, 3.05) is 20.2 Å². The molecule has 74 valence electrons. The smallest absolute Gasteiger partial charge is 0.327 e. The Kier molecular flexibility index (Phi) is 5.59. The lowest BCUT2D eigenvalue weighted by Gasteiger charge is -2.10. The molecule has 0 unspecified atom stereocenters. The summed E-state index contributed by atoms with van der Waals surface area (Å²) in [6.45, 7) is 7.82. The number of carbonyl (C=O) groups is 1. The number of hydrogen-bond donors (Lipinski definition) is 0. The minimum atomic E-state index is -0.274. The molecule has 0 rings (SSSR count). The summed E-state index contributed by atoms with van der Waals surface area (Å²) in [5.74, 6) is -0.274. The lowest BCUT2D eigenvalue weighted by molar-refractivity contribution is -0.144. The topological polar surface area (TPSA) is 41.9 Å². The number of esters is 1. The Morgan fingerprint density at radius 1 is 1.69 bits per heavy atom. The molecule has 0 aliphatic rings. The van der Waals surface area contributed by atoms with E-state index in [4.69, 9.17) is 4.74 Å². The van der Waals surface area contributed by atoms with Crippen molar-refractivity contribution < 1.29 is 9.53 Å². The molecule has 0 bridgehead atoms. The lowest BCUT2D eigenvalue weighted by atomic mass is 10.4. The van der Waals surface area contributed by atoms with Gasteiger partial charge in [0.1, 0.15) is 6.54 Å². The van der Waals surface area contributed by atoms with Crippen molar-refractivity contribution in [2.45, 2.75) is 13.8 Å². The molecular formula is C9H16N2O2. The fourth-order valence-electron chi connectivity index (χ4n) is 0.631. The van der Waals surface area contributed by atoms with Crippen LogP contribution in [0.15, 0.2) is 17.3 Å². The summed E-state index contributed by atoms with van der Waals surface area (Å²) in [7, 11) is 1.70. The maximum atomic E-state index is 10.9. The maximum Gasteiger partial charge on any atom is 0.327 e. The Labute approximate surface area is 78.9 Å². The monoisotopic (exact) mass is 184 g/mol. The van der Waals surface area contributed by atoms with Gasteiger partial charge < -0.3 is 4.74 Å². The van der Waals surface area contributed by atoms with Gasteiger partial charge in [-0.15, -0.1) is 0 Å². The van der Waals surface area contributed by atoms with E-state index >= 15 is 0 Å². The number of hydrogen-bond acceptors (Lipinski definition) is 4. The van der Waals surface area contributed by atoms with Gasteiger partial charge >= 0.3 is 5.97 Å². The average molecular weight is 184 g/mol. The van der Waals surface area contributed by atoms with E-state index in [2.05, 4.69) is 11.7 Å². The van der Waals surface area contributed by atoms with E-state index in [1.165, 1.54) is 5.01 Å². The van der Waals surface area contributed by atoms with Crippen LogP contribution in [0.1, 0.15) is 13.8 Å². The molecule has 0 saturated carbocycles. The van der Waals surface area contributed by atoms with Gasteiger partial charge in [0.25, 0.3) is 0 Å². The third kappa shape index (κ3) is 7.05. The molecule has 0 aliphatic carbocycles. The Morgan fingerprint density at radius 2 is 2.31 bits per heavy atom. The second-order valence-electron chi connectivity index (χ2n) is 2.71. The first-order valence-electron chi connectivity index (χ1n) is 4.12. The van der Waals surface area contributed by atoms with Gasteiger partial charge in [-0.2, -0.15) is 5.10 Å². The minimum Gasteiger partial charge on any atom is -0.465 e. The highest BCUT2D eigenvalue weighted by molar-refractivity contribution is 5.77. The van der Waals surface area contributed by atoms with Crippen LogP contribution >= 0.6 is 0 Å². The zero-order valence-electron chi connectivity index (χ0n) is 8.41. The lowest BCUT2D eigenvalue weighted by Crippen LogP contribution is -2.23. The van der Waals surface area contributed by atoms with Gasteiger partial charge in [-0.05, 0) is 19.4 Å². The third-order valence-corrected chi connectivity index (χ3v) is 1.14. The Bertz CT molecular complexity index is 212. The molecule has 0 saturated heterocycles. The Hall–Kier alpha value is -1.32. The number of rotatable bonds is 5. The second kappa shape index (κ2) is 6.22. The molecule has 4 heteroatoms. The molecule has 0 aromatic rings. The number of ether oxygens (including phenoxy) is 1. The summed E-state index contributed by atoms with van der Waals surface area (Å²) in [5.41, 5.74) is 0.843. The van der Waals surface area contributed by atoms with Crippen molar-refractivity contribution >= 4 is 12.2 Å². The fraction of sp³-hybridized carbons (Fsp3) is 0.556. The molecule has 0 fully saturated rings. The van der Waals surface area contributed by atoms with Crippen molar-refractivity contribution in [3.63, 3.8) is 0 Å². The Balaban J connectivity index is 3.79. The highest BCUT2D eigenvalue weighted by Crippen LogP contribution is 1.88. The van der Waals surface area contributed by atoms with E-state index in [-0.39, 0.29) is 12.5 Å². The largest absolute Gasteiger partial charge is 0.465 e. The van der Waals surface area contributed by atoms with Crippen molar-refractivity contribution in [3.8, 4) is 0 Å². The predicted molar refractivity (Wildman–Crippen MR) is 52.6 cm³/mol. The van der Waals surface area contributed by atoms with Crippen LogP contribution in [0.4, 0.5) is 0 Å². The summed E-state index contributed by atoms with van der Waals surface area (Å²) in [5, 5.41) is 5.46. The molecule has 0 aromatic carbocycles. The maximum absolute atomic E-state index is 10.9. The predicted octanol–water partition coefficient (Wildman–Crippen LogP) is 1.04. The van der Waals surface area contributed by atoms with Crippen LogP contribution in [-0.2, 0) is 9.53 Å². The molecule has 0 amide bonds. The standard InChI is InChI=1S/C9H16N2O2/c1-5-13-9(12)7-11(4)10-6-8(2)3/h6H,2,5,7H2,1,3-4H3/b10-6-. The molecule has 0 heterocycles. The molecule has 4 nitrogen and oxygen atoms in total. The molecule has 0 N–H and O–H groups in total. The summed E-state index contributed by atoms with van der Waals surface area (Å²) >= 11 is 0. The van der Waals surface area contributed by atoms with Crippen molar-refractivity contribution in [1.82, 2.24) is 5.01 Å². The van der Waals surface area contributed by atoms with Gasteiger partial charge in [-0.1, -0.05) is 6.58 Å². The summed E-state index contributed by atoms with van der Waals surface area (Å²) in [6, 6.07) is 0. The number of likely N-dealkylation sites (N-methyl/N-ethyl adjacent to an activating group) is 1. The third-order valence-electron chi connectivity index (χ3n) is 1.14. The van der Waals surface area contributed by atoms with Crippen molar-refractivity contribution in [1.29, 1.82) is 0 Å². The van der Waals surface area contributed by atoms with Crippen LogP contribution in [0.3, 0.4) is 0 Å². The van der Waals surface area contributed by atoms with Crippen LogP contribution in [0.25, 0.3) is 0 Å². The molecular weight excluding hydrogens is 168 g/mol. The first-order chi connectivity index (χ1) is 6.06. The van der Waals surface area contributed by atoms with E-state index in [1.54, 1.807) is 20.2 Å². The van der Waals surface area contributed by atoms with Gasteiger partial charge in [0.2, 0.25) is 0 Å². The second-order valence-corrected chi connectivity index (χ2v) is 2.71. The first kappa shape index (κ1) is 11.7. The quantitative estimate of drug-likeness (QED) is 0.364. The number of nitrogens with zero attached hydrogens (tertiary/aromatic N) is 2. The summed E-state index contributed by atoms with van der Waals surface area (Å²) in [4.78, 5) is 10.9.